The molecule has 0 aliphatic carbocycles. The predicted octanol–water partition coefficient (Wildman–Crippen LogP) is 3.27. The van der Waals surface area contributed by atoms with Gasteiger partial charge in [-0.2, -0.15) is 0 Å². The van der Waals surface area contributed by atoms with Crippen molar-refractivity contribution < 1.29 is 31.9 Å². The topological polar surface area (TPSA) is 111 Å². The van der Waals surface area contributed by atoms with E-state index in [1.165, 1.54) is 6.07 Å². The lowest BCUT2D eigenvalue weighted by molar-refractivity contribution is 0.0975. The third-order valence-electron chi connectivity index (χ3n) is 5.27. The molecule has 0 bridgehead atoms. The normalized spacial score (nSPS) is 16.8. The third kappa shape index (κ3) is 4.17. The van der Waals surface area contributed by atoms with E-state index < -0.39 is 29.2 Å². The first kappa shape index (κ1) is 21.0. The van der Waals surface area contributed by atoms with Crippen molar-refractivity contribution in [3.05, 3.63) is 53.2 Å². The van der Waals surface area contributed by atoms with Crippen LogP contribution in [-0.2, 0) is 11.3 Å². The first-order chi connectivity index (χ1) is 14.9. The summed E-state index contributed by atoms with van der Waals surface area (Å²) in [6.45, 7) is 2.03. The van der Waals surface area contributed by atoms with Crippen molar-refractivity contribution in [1.29, 1.82) is 0 Å². The highest BCUT2D eigenvalue weighted by Gasteiger charge is 2.27. The molecule has 1 saturated heterocycles. The zero-order valence-corrected chi connectivity index (χ0v) is 16.7. The van der Waals surface area contributed by atoms with Gasteiger partial charge in [0.1, 0.15) is 17.3 Å². The number of fused-ring (bicyclic) bond motifs is 1. The van der Waals surface area contributed by atoms with E-state index in [0.29, 0.717) is 25.0 Å². The Balaban J connectivity index is 1.56. The molecule has 10 heteroatoms. The maximum atomic E-state index is 14.0. The Hall–Kier alpha value is -3.24. The third-order valence-corrected chi connectivity index (χ3v) is 5.27. The average molecular weight is 433 g/mol. The fourth-order valence-corrected chi connectivity index (χ4v) is 3.87. The summed E-state index contributed by atoms with van der Waals surface area (Å²) in [5.41, 5.74) is 4.67. The Bertz CT molecular complexity index is 1140. The highest BCUT2D eigenvalue weighted by Crippen LogP contribution is 2.33. The number of halogens is 2. The van der Waals surface area contributed by atoms with Gasteiger partial charge in [-0.1, -0.05) is 0 Å². The number of carbonyl (C=O) groups is 2. The van der Waals surface area contributed by atoms with Gasteiger partial charge in [-0.3, -0.25) is 14.5 Å². The maximum Gasteiger partial charge on any atom is 0.291 e. The lowest BCUT2D eigenvalue weighted by Gasteiger charge is -2.22. The Morgan fingerprint density at radius 3 is 2.84 bits per heavy atom. The molecule has 1 aliphatic rings. The quantitative estimate of drug-likeness (QED) is 0.592. The number of hydrogen-bond acceptors (Lipinski definition) is 6. The molecular formula is C21H21F2N3O5. The lowest BCUT2D eigenvalue weighted by atomic mass is 10.2. The Morgan fingerprint density at radius 1 is 1.29 bits per heavy atom. The van der Waals surface area contributed by atoms with Crippen molar-refractivity contribution in [1.82, 2.24) is 4.90 Å². The van der Waals surface area contributed by atoms with Crippen LogP contribution in [0.2, 0.25) is 0 Å². The number of ether oxygens (including phenoxy) is 1. The molecule has 0 spiro atoms. The van der Waals surface area contributed by atoms with Gasteiger partial charge in [-0.15, -0.1) is 0 Å². The van der Waals surface area contributed by atoms with Gasteiger partial charge in [0, 0.05) is 19.2 Å². The number of carbonyl (C=O) groups excluding carboxylic acids is 2. The molecule has 2 aromatic heterocycles. The number of furan rings is 2. The van der Waals surface area contributed by atoms with Gasteiger partial charge in [0.2, 0.25) is 5.76 Å². The molecule has 3 aromatic rings. The number of primary amides is 1. The number of amides is 2. The molecule has 0 radical (unpaired) electrons. The fraction of sp³-hybridized carbons (Fsp3) is 0.333. The van der Waals surface area contributed by atoms with E-state index in [1.54, 1.807) is 13.2 Å². The van der Waals surface area contributed by atoms with Gasteiger partial charge in [-0.25, -0.2) is 8.78 Å². The second kappa shape index (κ2) is 8.48. The molecule has 1 atom stereocenters. The summed E-state index contributed by atoms with van der Waals surface area (Å²) in [6.07, 6.45) is 2.08. The fourth-order valence-electron chi connectivity index (χ4n) is 3.87. The summed E-state index contributed by atoms with van der Waals surface area (Å²) in [4.78, 5) is 26.6. The summed E-state index contributed by atoms with van der Waals surface area (Å²) >= 11 is 0. The van der Waals surface area contributed by atoms with Crippen molar-refractivity contribution in [3.63, 3.8) is 0 Å². The van der Waals surface area contributed by atoms with Crippen LogP contribution in [0.3, 0.4) is 0 Å². The van der Waals surface area contributed by atoms with E-state index in [2.05, 4.69) is 10.2 Å². The standard InChI is InChI=1S/C21H21F2N3O5/c1-29-10-12-3-2-6-26(12)9-13-4-5-16(30-13)21(28)25-17-14-7-11(22)8-15(23)18(14)31-19(17)20(24)27/h4-5,7-8,12H,2-3,6,9-10H2,1H3,(H2,24,27)(H,25,28)/t12-/m0/s1. The minimum atomic E-state index is -1.04. The van der Waals surface area contributed by atoms with E-state index in [4.69, 9.17) is 19.3 Å². The zero-order valence-electron chi connectivity index (χ0n) is 16.7. The van der Waals surface area contributed by atoms with Crippen molar-refractivity contribution in [2.24, 2.45) is 5.73 Å². The predicted molar refractivity (Wildman–Crippen MR) is 107 cm³/mol. The second-order valence-electron chi connectivity index (χ2n) is 7.38. The van der Waals surface area contributed by atoms with Crippen LogP contribution in [0.25, 0.3) is 11.0 Å². The van der Waals surface area contributed by atoms with Crippen LogP contribution in [0.5, 0.6) is 0 Å². The molecule has 0 saturated carbocycles. The highest BCUT2D eigenvalue weighted by molar-refractivity contribution is 6.13. The van der Waals surface area contributed by atoms with Crippen molar-refractivity contribution >= 4 is 28.5 Å². The van der Waals surface area contributed by atoms with Gasteiger partial charge in [-0.05, 0) is 37.6 Å². The summed E-state index contributed by atoms with van der Waals surface area (Å²) < 4.78 is 43.7. The SMILES string of the molecule is COC[C@@H]1CCCN1Cc1ccc(C(=O)Nc2c(C(N)=O)oc3c(F)cc(F)cc23)o1. The molecule has 3 N–H and O–H groups in total. The van der Waals surface area contributed by atoms with E-state index in [1.807, 2.05) is 0 Å². The van der Waals surface area contributed by atoms with Crippen LogP contribution in [0.1, 0.15) is 39.7 Å². The Labute approximate surface area is 175 Å². The number of nitrogens with zero attached hydrogens (tertiary/aromatic N) is 1. The smallest absolute Gasteiger partial charge is 0.291 e. The van der Waals surface area contributed by atoms with Crippen LogP contribution in [0.4, 0.5) is 14.5 Å². The molecule has 1 fully saturated rings. The van der Waals surface area contributed by atoms with Gasteiger partial charge >= 0.3 is 0 Å². The number of anilines is 1. The Morgan fingerprint density at radius 2 is 2.10 bits per heavy atom. The molecule has 4 rings (SSSR count). The maximum absolute atomic E-state index is 14.0. The molecular weight excluding hydrogens is 412 g/mol. The highest BCUT2D eigenvalue weighted by atomic mass is 19.1. The monoisotopic (exact) mass is 433 g/mol. The van der Waals surface area contributed by atoms with Crippen LogP contribution in [0.15, 0.2) is 33.1 Å². The van der Waals surface area contributed by atoms with Gasteiger partial charge < -0.3 is 24.6 Å². The Kier molecular flexibility index (Phi) is 5.75. The van der Waals surface area contributed by atoms with Gasteiger partial charge in [0.15, 0.2) is 17.2 Å². The number of nitrogens with two attached hydrogens (primary N) is 1. The first-order valence-electron chi connectivity index (χ1n) is 9.71. The van der Waals surface area contributed by atoms with Crippen molar-refractivity contribution in [2.45, 2.75) is 25.4 Å². The van der Waals surface area contributed by atoms with Crippen LogP contribution >= 0.6 is 0 Å². The largest absolute Gasteiger partial charge is 0.455 e. The number of rotatable bonds is 7. The van der Waals surface area contributed by atoms with Crippen molar-refractivity contribution in [2.75, 3.05) is 25.6 Å². The molecule has 3 heterocycles. The lowest BCUT2D eigenvalue weighted by Crippen LogP contribution is -2.32. The number of hydrogen-bond donors (Lipinski definition) is 2. The number of nitrogens with one attached hydrogen (secondary N) is 1. The molecule has 164 valence electrons. The summed E-state index contributed by atoms with van der Waals surface area (Å²) in [5.74, 6) is -3.60. The zero-order chi connectivity index (χ0) is 22.1. The van der Waals surface area contributed by atoms with Crippen LogP contribution < -0.4 is 11.1 Å². The van der Waals surface area contributed by atoms with Crippen molar-refractivity contribution in [3.8, 4) is 0 Å². The first-order valence-corrected chi connectivity index (χ1v) is 9.71. The summed E-state index contributed by atoms with van der Waals surface area (Å²) in [6, 6.07) is 5.00. The minimum Gasteiger partial charge on any atom is -0.455 e. The van der Waals surface area contributed by atoms with Gasteiger partial charge in [0.25, 0.3) is 11.8 Å². The number of methoxy groups -OCH3 is 1. The summed E-state index contributed by atoms with van der Waals surface area (Å²) in [7, 11) is 1.66. The minimum absolute atomic E-state index is 0.0286. The molecule has 31 heavy (non-hydrogen) atoms. The second-order valence-corrected chi connectivity index (χ2v) is 7.38. The van der Waals surface area contributed by atoms with E-state index >= 15 is 0 Å². The van der Waals surface area contributed by atoms with E-state index in [-0.39, 0.29) is 28.5 Å². The number of likely N-dealkylation sites (tertiary alicyclic amines) is 1. The molecule has 2 amide bonds. The molecule has 1 aromatic carbocycles. The van der Waals surface area contributed by atoms with Crippen LogP contribution in [0, 0.1) is 11.6 Å². The number of benzene rings is 1. The molecule has 8 nitrogen and oxygen atoms in total. The summed E-state index contributed by atoms with van der Waals surface area (Å²) in [5, 5.41) is 2.31. The average Bonchev–Trinajstić information content (AvgIpc) is 3.43. The van der Waals surface area contributed by atoms with Crippen LogP contribution in [-0.4, -0.2) is 43.0 Å². The molecule has 0 unspecified atom stereocenters. The van der Waals surface area contributed by atoms with Gasteiger partial charge in [0.05, 0.1) is 18.5 Å². The van der Waals surface area contributed by atoms with E-state index in [0.717, 1.165) is 25.5 Å². The van der Waals surface area contributed by atoms with E-state index in [9.17, 15) is 18.4 Å². The molecule has 1 aliphatic heterocycles.